The van der Waals surface area contributed by atoms with E-state index in [2.05, 4.69) is 10.3 Å². The molecule has 5 nitrogen and oxygen atoms in total. The number of rotatable bonds is 3. The maximum absolute atomic E-state index is 10.9. The van der Waals surface area contributed by atoms with Crippen LogP contribution >= 0.6 is 0 Å². The minimum absolute atomic E-state index is 0.146. The van der Waals surface area contributed by atoms with Gasteiger partial charge in [0.15, 0.2) is 0 Å². The topological polar surface area (TPSA) is 91.8 Å². The molecule has 1 heterocycles. The third-order valence-electron chi connectivity index (χ3n) is 1.62. The summed E-state index contributed by atoms with van der Waals surface area (Å²) >= 11 is 0. The Morgan fingerprint density at radius 2 is 2.50 bits per heavy atom. The molecule has 5 heteroatoms. The van der Waals surface area contributed by atoms with Crippen LogP contribution in [0, 0.1) is 11.3 Å². The van der Waals surface area contributed by atoms with E-state index < -0.39 is 0 Å². The Hall–Kier alpha value is -2.09. The minimum Gasteiger partial charge on any atom is -0.397 e. The van der Waals surface area contributed by atoms with Gasteiger partial charge in [0.05, 0.1) is 24.0 Å². The van der Waals surface area contributed by atoms with Crippen LogP contribution in [0.15, 0.2) is 18.3 Å². The number of hydrogen-bond donors (Lipinski definition) is 2. The van der Waals surface area contributed by atoms with Gasteiger partial charge in [0.1, 0.15) is 6.42 Å². The highest BCUT2D eigenvalue weighted by Crippen LogP contribution is 2.05. The average molecular weight is 190 g/mol. The molecule has 0 saturated carbocycles. The van der Waals surface area contributed by atoms with Crippen LogP contribution in [0.3, 0.4) is 0 Å². The molecule has 3 N–H and O–H groups in total. The normalized spacial score (nSPS) is 9.07. The molecule has 1 rings (SSSR count). The van der Waals surface area contributed by atoms with Gasteiger partial charge in [0.2, 0.25) is 5.91 Å². The van der Waals surface area contributed by atoms with Crippen LogP contribution in [0.4, 0.5) is 5.69 Å². The van der Waals surface area contributed by atoms with Gasteiger partial charge in [-0.15, -0.1) is 0 Å². The number of carbonyl (C=O) groups excluding carboxylic acids is 1. The number of aromatic nitrogens is 1. The van der Waals surface area contributed by atoms with Crippen LogP contribution in [-0.2, 0) is 11.3 Å². The molecule has 0 saturated heterocycles. The lowest BCUT2D eigenvalue weighted by atomic mass is 10.3. The van der Waals surface area contributed by atoms with E-state index in [0.717, 1.165) is 0 Å². The number of nitrogens with zero attached hydrogens (tertiary/aromatic N) is 2. The van der Waals surface area contributed by atoms with Crippen molar-refractivity contribution in [2.45, 2.75) is 13.0 Å². The number of pyridine rings is 1. The second-order valence-corrected chi connectivity index (χ2v) is 2.65. The molecule has 1 aromatic heterocycles. The summed E-state index contributed by atoms with van der Waals surface area (Å²) in [5.41, 5.74) is 6.74. The van der Waals surface area contributed by atoms with E-state index in [1.807, 2.05) is 0 Å². The summed E-state index contributed by atoms with van der Waals surface area (Å²) in [6.45, 7) is 0.257. The van der Waals surface area contributed by atoms with Gasteiger partial charge in [0.25, 0.3) is 0 Å². The number of nitrogens with one attached hydrogen (secondary N) is 1. The zero-order valence-corrected chi connectivity index (χ0v) is 7.53. The lowest BCUT2D eigenvalue weighted by Gasteiger charge is -2.04. The molecule has 0 aliphatic heterocycles. The lowest BCUT2D eigenvalue weighted by Crippen LogP contribution is -2.23. The molecule has 0 aliphatic rings. The van der Waals surface area contributed by atoms with Crippen LogP contribution in [0.25, 0.3) is 0 Å². The van der Waals surface area contributed by atoms with Crippen LogP contribution in [0.5, 0.6) is 0 Å². The van der Waals surface area contributed by atoms with E-state index in [4.69, 9.17) is 11.0 Å². The van der Waals surface area contributed by atoms with Crippen LogP contribution in [-0.4, -0.2) is 10.9 Å². The van der Waals surface area contributed by atoms with Gasteiger partial charge in [-0.2, -0.15) is 5.26 Å². The van der Waals surface area contributed by atoms with E-state index in [9.17, 15) is 4.79 Å². The van der Waals surface area contributed by atoms with Gasteiger partial charge in [-0.05, 0) is 12.1 Å². The van der Waals surface area contributed by atoms with Crippen molar-refractivity contribution in [2.24, 2.45) is 0 Å². The highest BCUT2D eigenvalue weighted by Gasteiger charge is 2.02. The highest BCUT2D eigenvalue weighted by molar-refractivity contribution is 5.78. The molecule has 0 bridgehead atoms. The Kier molecular flexibility index (Phi) is 3.44. The Bertz CT molecular complexity index is 369. The molecule has 72 valence electrons. The Morgan fingerprint density at radius 1 is 1.71 bits per heavy atom. The predicted molar refractivity (Wildman–Crippen MR) is 50.7 cm³/mol. The predicted octanol–water partition coefficient (Wildman–Crippen LogP) is 0.194. The van der Waals surface area contributed by atoms with Gasteiger partial charge in [-0.1, -0.05) is 0 Å². The molecule has 0 atom stereocenters. The monoisotopic (exact) mass is 190 g/mol. The van der Waals surface area contributed by atoms with Crippen molar-refractivity contribution >= 4 is 11.6 Å². The molecule has 14 heavy (non-hydrogen) atoms. The zero-order valence-electron chi connectivity index (χ0n) is 7.53. The molecule has 1 aromatic rings. The number of hydrogen-bond acceptors (Lipinski definition) is 4. The van der Waals surface area contributed by atoms with E-state index >= 15 is 0 Å². The number of amides is 1. The summed E-state index contributed by atoms with van der Waals surface area (Å²) in [5.74, 6) is -0.322. The summed E-state index contributed by atoms with van der Waals surface area (Å²) in [6.07, 6.45) is 1.45. The van der Waals surface area contributed by atoms with Gasteiger partial charge in [-0.3, -0.25) is 9.78 Å². The first-order valence-corrected chi connectivity index (χ1v) is 4.07. The lowest BCUT2D eigenvalue weighted by molar-refractivity contribution is -0.120. The highest BCUT2D eigenvalue weighted by atomic mass is 16.1. The first kappa shape index (κ1) is 9.99. The minimum atomic E-state index is -0.322. The summed E-state index contributed by atoms with van der Waals surface area (Å²) in [7, 11) is 0. The van der Waals surface area contributed by atoms with Crippen molar-refractivity contribution in [3.8, 4) is 6.07 Å². The van der Waals surface area contributed by atoms with Crippen molar-refractivity contribution in [2.75, 3.05) is 5.73 Å². The fourth-order valence-electron chi connectivity index (χ4n) is 0.915. The molecule has 0 spiro atoms. The number of nitrogens with two attached hydrogens (primary N) is 1. The van der Waals surface area contributed by atoms with E-state index in [-0.39, 0.29) is 18.9 Å². The fourth-order valence-corrected chi connectivity index (χ4v) is 0.915. The first-order valence-electron chi connectivity index (χ1n) is 4.07. The molecular formula is C9H10N4O. The smallest absolute Gasteiger partial charge is 0.234 e. The van der Waals surface area contributed by atoms with E-state index in [1.54, 1.807) is 24.4 Å². The van der Waals surface area contributed by atoms with E-state index in [0.29, 0.717) is 11.4 Å². The van der Waals surface area contributed by atoms with Gasteiger partial charge < -0.3 is 11.1 Å². The van der Waals surface area contributed by atoms with Crippen LogP contribution < -0.4 is 11.1 Å². The van der Waals surface area contributed by atoms with Gasteiger partial charge in [0, 0.05) is 6.20 Å². The third-order valence-corrected chi connectivity index (χ3v) is 1.62. The SMILES string of the molecule is N#CCC(=O)NCc1ncccc1N. The number of anilines is 1. The average Bonchev–Trinajstić information content (AvgIpc) is 2.17. The summed E-state index contributed by atoms with van der Waals surface area (Å²) in [5, 5.41) is 10.8. The molecule has 0 aromatic carbocycles. The molecule has 0 aliphatic carbocycles. The number of carbonyl (C=O) groups is 1. The van der Waals surface area contributed by atoms with Crippen molar-refractivity contribution in [3.05, 3.63) is 24.0 Å². The number of nitrogen functional groups attached to an aromatic ring is 1. The molecular weight excluding hydrogens is 180 g/mol. The van der Waals surface area contributed by atoms with Crippen molar-refractivity contribution < 1.29 is 4.79 Å². The quantitative estimate of drug-likeness (QED) is 0.711. The Balaban J connectivity index is 2.51. The van der Waals surface area contributed by atoms with E-state index in [1.165, 1.54) is 0 Å². The third kappa shape index (κ3) is 2.75. The van der Waals surface area contributed by atoms with Crippen molar-refractivity contribution in [1.82, 2.24) is 10.3 Å². The van der Waals surface area contributed by atoms with Crippen molar-refractivity contribution in [3.63, 3.8) is 0 Å². The van der Waals surface area contributed by atoms with Gasteiger partial charge >= 0.3 is 0 Å². The standard InChI is InChI=1S/C9H10N4O/c10-4-3-9(14)13-6-8-7(11)2-1-5-12-8/h1-2,5H,3,6,11H2,(H,13,14). The Morgan fingerprint density at radius 3 is 3.14 bits per heavy atom. The van der Waals surface area contributed by atoms with Crippen molar-refractivity contribution in [1.29, 1.82) is 5.26 Å². The summed E-state index contributed by atoms with van der Waals surface area (Å²) < 4.78 is 0. The van der Waals surface area contributed by atoms with Gasteiger partial charge in [-0.25, -0.2) is 0 Å². The maximum atomic E-state index is 10.9. The van der Waals surface area contributed by atoms with Crippen LogP contribution in [0.1, 0.15) is 12.1 Å². The maximum Gasteiger partial charge on any atom is 0.234 e. The molecule has 0 radical (unpaired) electrons. The zero-order chi connectivity index (χ0) is 10.4. The second kappa shape index (κ2) is 4.82. The largest absolute Gasteiger partial charge is 0.397 e. The molecule has 0 fully saturated rings. The summed E-state index contributed by atoms with van der Waals surface area (Å²) in [4.78, 5) is 14.9. The Labute approximate surface area is 81.6 Å². The van der Waals surface area contributed by atoms with Crippen LogP contribution in [0.2, 0.25) is 0 Å². The fraction of sp³-hybridized carbons (Fsp3) is 0.222. The first-order chi connectivity index (χ1) is 6.74. The summed E-state index contributed by atoms with van der Waals surface area (Å²) in [6, 6.07) is 5.18. The second-order valence-electron chi connectivity index (χ2n) is 2.65. The molecule has 0 unspecified atom stereocenters. The molecule has 1 amide bonds. The number of nitriles is 1.